The minimum Gasteiger partial charge on any atom is -0.255 e. The first-order valence-corrected chi connectivity index (χ1v) is 12.0. The fraction of sp³-hybridized carbons (Fsp3) is 0.429. The standard InChI is InChI=1S/C21H30FNSi/c1-15-9-10-17(22)12-18(15)19-11-16(13-21(2,3)4)20(14-23(19)5)24(6,7)8/h9-12,14H,5,13H2,1-4,6-8H3. The van der Waals surface area contributed by atoms with Crippen LogP contribution in [-0.4, -0.2) is 19.4 Å². The first-order chi connectivity index (χ1) is 10.9. The highest BCUT2D eigenvalue weighted by molar-refractivity contribution is 6.84. The first kappa shape index (κ1) is 18.7. The summed E-state index contributed by atoms with van der Waals surface area (Å²) < 4.78 is 15.7. The molecule has 0 aliphatic carbocycles. The third-order valence-electron chi connectivity index (χ3n) is 4.26. The fourth-order valence-corrected chi connectivity index (χ4v) is 4.80. The van der Waals surface area contributed by atoms with Gasteiger partial charge in [-0.25, -0.2) is 4.39 Å². The van der Waals surface area contributed by atoms with E-state index < -0.39 is 8.07 Å². The highest BCUT2D eigenvalue weighted by Crippen LogP contribution is 2.38. The van der Waals surface area contributed by atoms with Gasteiger partial charge in [0, 0.05) is 0 Å². The van der Waals surface area contributed by atoms with E-state index in [4.69, 9.17) is 0 Å². The lowest BCUT2D eigenvalue weighted by molar-refractivity contribution is -0.418. The van der Waals surface area contributed by atoms with Crippen LogP contribution in [0.5, 0.6) is 0 Å². The zero-order valence-electron chi connectivity index (χ0n) is 16.1. The number of hydrogen-bond acceptors (Lipinski definition) is 0. The summed E-state index contributed by atoms with van der Waals surface area (Å²) in [5.74, 6) is -0.206. The Kier molecular flexibility index (Phi) is 4.96. The van der Waals surface area contributed by atoms with E-state index in [1.54, 1.807) is 6.07 Å². The molecule has 1 aromatic rings. The van der Waals surface area contributed by atoms with Crippen LogP contribution in [0.1, 0.15) is 38.3 Å². The van der Waals surface area contributed by atoms with Crippen molar-refractivity contribution >= 4 is 14.8 Å². The number of aryl methyl sites for hydroxylation is 1. The van der Waals surface area contributed by atoms with Crippen LogP contribution in [0.25, 0.3) is 0 Å². The molecule has 1 aromatic carbocycles. The molecule has 0 saturated carbocycles. The zero-order chi connectivity index (χ0) is 18.3. The van der Waals surface area contributed by atoms with Crippen molar-refractivity contribution in [2.75, 3.05) is 0 Å². The largest absolute Gasteiger partial charge is 0.255 e. The van der Waals surface area contributed by atoms with Gasteiger partial charge in [0.1, 0.15) is 12.2 Å². The molecule has 1 aliphatic rings. The summed E-state index contributed by atoms with van der Waals surface area (Å²) in [6, 6.07) is 5.94. The van der Waals surface area contributed by atoms with Crippen LogP contribution in [-0.2, 0) is 0 Å². The first-order valence-electron chi connectivity index (χ1n) is 8.55. The molecule has 1 aliphatic heterocycles. The Balaban J connectivity index is 2.54. The molecule has 0 radical (unpaired) electrons. The molecule has 130 valence electrons. The Hall–Kier alpha value is -1.61. The number of halogens is 1. The molecule has 24 heavy (non-hydrogen) atoms. The average molecular weight is 344 g/mol. The Bertz CT molecular complexity index is 714. The van der Waals surface area contributed by atoms with Crippen LogP contribution in [0.15, 0.2) is 41.2 Å². The molecular formula is C21H30FNSi. The molecule has 0 atom stereocenters. The summed E-state index contributed by atoms with van der Waals surface area (Å²) in [5.41, 5.74) is 3.56. The normalized spacial score (nSPS) is 16.2. The lowest BCUT2D eigenvalue weighted by Gasteiger charge is -2.34. The molecule has 1 nitrogen and oxygen atoms in total. The summed E-state index contributed by atoms with van der Waals surface area (Å²) in [4.78, 5) is 0. The Morgan fingerprint density at radius 1 is 1.21 bits per heavy atom. The van der Waals surface area contributed by atoms with Crippen molar-refractivity contribution in [3.8, 4) is 0 Å². The average Bonchev–Trinajstić information content (AvgIpc) is 2.40. The van der Waals surface area contributed by atoms with E-state index in [9.17, 15) is 4.39 Å². The summed E-state index contributed by atoms with van der Waals surface area (Å²) in [6.45, 7) is 20.1. The quantitative estimate of drug-likeness (QED) is 0.367. The second-order valence-electron chi connectivity index (χ2n) is 9.01. The SMILES string of the molecule is C=[N+]1C=C([Si](C)(C)C)C(CC(C)(C)C)=C[C-]1c1cc(F)ccc1C. The van der Waals surface area contributed by atoms with Gasteiger partial charge in [-0.2, -0.15) is 0 Å². The lowest BCUT2D eigenvalue weighted by atomic mass is 9.85. The lowest BCUT2D eigenvalue weighted by Crippen LogP contribution is -2.31. The van der Waals surface area contributed by atoms with Crippen molar-refractivity contribution in [2.45, 2.75) is 53.8 Å². The van der Waals surface area contributed by atoms with Crippen molar-refractivity contribution in [3.63, 3.8) is 0 Å². The topological polar surface area (TPSA) is 3.01 Å². The van der Waals surface area contributed by atoms with Crippen LogP contribution in [0.4, 0.5) is 4.39 Å². The summed E-state index contributed by atoms with van der Waals surface area (Å²) in [5, 5.41) is 1.44. The second kappa shape index (κ2) is 6.36. The molecule has 0 spiro atoms. The molecular weight excluding hydrogens is 313 g/mol. The number of rotatable bonds is 3. The second-order valence-corrected chi connectivity index (χ2v) is 14.1. The monoisotopic (exact) mass is 343 g/mol. The summed E-state index contributed by atoms with van der Waals surface area (Å²) >= 11 is 0. The predicted molar refractivity (Wildman–Crippen MR) is 104 cm³/mol. The molecule has 0 bridgehead atoms. The smallest absolute Gasteiger partial charge is 0.147 e. The number of nitrogens with zero attached hydrogens (tertiary/aromatic N) is 1. The maximum Gasteiger partial charge on any atom is 0.147 e. The number of benzene rings is 1. The highest BCUT2D eigenvalue weighted by Gasteiger charge is 2.31. The van der Waals surface area contributed by atoms with Gasteiger partial charge in [-0.05, 0) is 34.7 Å². The summed E-state index contributed by atoms with van der Waals surface area (Å²) in [6.07, 6.45) is 5.41. The fourth-order valence-electron chi connectivity index (χ4n) is 3.13. The van der Waals surface area contributed by atoms with Crippen molar-refractivity contribution in [1.29, 1.82) is 0 Å². The van der Waals surface area contributed by atoms with Gasteiger partial charge in [0.25, 0.3) is 0 Å². The Morgan fingerprint density at radius 2 is 1.83 bits per heavy atom. The van der Waals surface area contributed by atoms with Crippen LogP contribution >= 0.6 is 0 Å². The third kappa shape index (κ3) is 4.26. The summed E-state index contributed by atoms with van der Waals surface area (Å²) in [7, 11) is -1.49. The van der Waals surface area contributed by atoms with E-state index in [-0.39, 0.29) is 11.2 Å². The molecule has 0 unspecified atom stereocenters. The van der Waals surface area contributed by atoms with E-state index in [0.29, 0.717) is 0 Å². The molecule has 0 amide bonds. The van der Waals surface area contributed by atoms with Gasteiger partial charge < -0.3 is 0 Å². The van der Waals surface area contributed by atoms with Crippen LogP contribution in [0.2, 0.25) is 19.6 Å². The van der Waals surface area contributed by atoms with Gasteiger partial charge in [-0.15, -0.1) is 0 Å². The van der Waals surface area contributed by atoms with Gasteiger partial charge in [-0.3, -0.25) is 4.58 Å². The van der Waals surface area contributed by atoms with Gasteiger partial charge in [0.05, 0.1) is 20.6 Å². The van der Waals surface area contributed by atoms with Crippen molar-refractivity contribution < 1.29 is 8.97 Å². The minimum atomic E-state index is -1.49. The van der Waals surface area contributed by atoms with Crippen LogP contribution in [0.3, 0.4) is 0 Å². The van der Waals surface area contributed by atoms with Gasteiger partial charge in [0.15, 0.2) is 0 Å². The number of hydrogen-bond donors (Lipinski definition) is 0. The zero-order valence-corrected chi connectivity index (χ0v) is 17.1. The third-order valence-corrected chi connectivity index (χ3v) is 6.32. The molecule has 0 saturated heterocycles. The van der Waals surface area contributed by atoms with Gasteiger partial charge >= 0.3 is 0 Å². The van der Waals surface area contributed by atoms with E-state index in [1.165, 1.54) is 16.8 Å². The molecule has 0 fully saturated rings. The van der Waals surface area contributed by atoms with Crippen LogP contribution < -0.4 is 0 Å². The van der Waals surface area contributed by atoms with Crippen molar-refractivity contribution in [2.24, 2.45) is 5.41 Å². The minimum absolute atomic E-state index is 0.204. The van der Waals surface area contributed by atoms with Crippen molar-refractivity contribution in [3.05, 3.63) is 64.2 Å². The van der Waals surface area contributed by atoms with Gasteiger partial charge in [-0.1, -0.05) is 70.6 Å². The van der Waals surface area contributed by atoms with Gasteiger partial charge in [0.2, 0.25) is 0 Å². The van der Waals surface area contributed by atoms with E-state index in [2.05, 4.69) is 59.4 Å². The molecule has 0 N–H and O–H groups in total. The van der Waals surface area contributed by atoms with Crippen LogP contribution in [0, 0.1) is 24.2 Å². The Labute approximate surface area is 147 Å². The predicted octanol–water partition coefficient (Wildman–Crippen LogP) is 5.86. The maximum absolute atomic E-state index is 13.8. The van der Waals surface area contributed by atoms with Crippen molar-refractivity contribution in [1.82, 2.24) is 0 Å². The molecule has 0 aromatic heterocycles. The highest BCUT2D eigenvalue weighted by atomic mass is 28.3. The molecule has 1 heterocycles. The van der Waals surface area contributed by atoms with E-state index in [1.807, 2.05) is 17.6 Å². The molecule has 2 rings (SSSR count). The van der Waals surface area contributed by atoms with E-state index >= 15 is 0 Å². The molecule has 3 heteroatoms. The number of allylic oxidation sites excluding steroid dienone is 2. The van der Waals surface area contributed by atoms with E-state index in [0.717, 1.165) is 23.6 Å². The maximum atomic E-state index is 13.8. The Morgan fingerprint density at radius 3 is 2.38 bits per heavy atom.